The molecule has 2 aromatic rings. The van der Waals surface area contributed by atoms with Crippen molar-refractivity contribution in [2.45, 2.75) is 6.42 Å². The molecule has 0 saturated carbocycles. The highest BCUT2D eigenvalue weighted by molar-refractivity contribution is 6.30. The second-order valence-corrected chi connectivity index (χ2v) is 4.30. The van der Waals surface area contributed by atoms with Crippen molar-refractivity contribution in [1.29, 1.82) is 0 Å². The Hall–Kier alpha value is -1.51. The van der Waals surface area contributed by atoms with Gasteiger partial charge < -0.3 is 10.8 Å². The lowest BCUT2D eigenvalue weighted by Crippen LogP contribution is -1.99. The maximum atomic E-state index is 8.97. The van der Waals surface area contributed by atoms with Crippen molar-refractivity contribution in [3.63, 3.8) is 0 Å². The van der Waals surface area contributed by atoms with E-state index >= 15 is 0 Å². The third kappa shape index (κ3) is 2.60. The zero-order valence-corrected chi connectivity index (χ0v) is 10.1. The summed E-state index contributed by atoms with van der Waals surface area (Å²) in [6, 6.07) is 13.4. The lowest BCUT2D eigenvalue weighted by molar-refractivity contribution is 0.300. The second kappa shape index (κ2) is 5.21. The molecular formula is C14H14ClNO. The standard InChI is InChI=1S/C14H14ClNO/c15-12-5-1-4-11(9-12)13-6-2-3-10(7-8-17)14(13)16/h1-6,9,17H,7-8,16H2. The fourth-order valence-corrected chi connectivity index (χ4v) is 2.05. The summed E-state index contributed by atoms with van der Waals surface area (Å²) >= 11 is 5.97. The zero-order valence-electron chi connectivity index (χ0n) is 9.36. The smallest absolute Gasteiger partial charge is 0.0472 e. The van der Waals surface area contributed by atoms with Crippen molar-refractivity contribution in [2.24, 2.45) is 0 Å². The van der Waals surface area contributed by atoms with Gasteiger partial charge in [0, 0.05) is 22.9 Å². The second-order valence-electron chi connectivity index (χ2n) is 3.86. The molecule has 3 heteroatoms. The molecule has 0 amide bonds. The summed E-state index contributed by atoms with van der Waals surface area (Å²) in [5.74, 6) is 0. The van der Waals surface area contributed by atoms with E-state index in [4.69, 9.17) is 22.4 Å². The summed E-state index contributed by atoms with van der Waals surface area (Å²) in [4.78, 5) is 0. The molecule has 0 fully saturated rings. The molecule has 0 radical (unpaired) electrons. The van der Waals surface area contributed by atoms with Crippen LogP contribution >= 0.6 is 11.6 Å². The van der Waals surface area contributed by atoms with Gasteiger partial charge in [0.05, 0.1) is 0 Å². The highest BCUT2D eigenvalue weighted by Gasteiger charge is 2.06. The van der Waals surface area contributed by atoms with E-state index in [0.717, 1.165) is 16.7 Å². The van der Waals surface area contributed by atoms with Crippen molar-refractivity contribution < 1.29 is 5.11 Å². The van der Waals surface area contributed by atoms with Gasteiger partial charge in [-0.25, -0.2) is 0 Å². The summed E-state index contributed by atoms with van der Waals surface area (Å²) in [6.07, 6.45) is 0.570. The first-order valence-corrected chi connectivity index (χ1v) is 5.84. The number of hydrogen-bond acceptors (Lipinski definition) is 2. The summed E-state index contributed by atoms with van der Waals surface area (Å²) in [5, 5.41) is 9.66. The van der Waals surface area contributed by atoms with Crippen molar-refractivity contribution >= 4 is 17.3 Å². The molecule has 0 aliphatic rings. The lowest BCUT2D eigenvalue weighted by atomic mass is 9.99. The number of halogens is 1. The first kappa shape index (κ1) is 12.0. The van der Waals surface area contributed by atoms with Crippen LogP contribution in [0.4, 0.5) is 5.69 Å². The molecule has 0 spiro atoms. The van der Waals surface area contributed by atoms with E-state index in [2.05, 4.69) is 0 Å². The molecule has 2 rings (SSSR count). The van der Waals surface area contributed by atoms with Crippen LogP contribution in [0, 0.1) is 0 Å². The maximum Gasteiger partial charge on any atom is 0.0472 e. The Morgan fingerprint density at radius 1 is 1.12 bits per heavy atom. The normalized spacial score (nSPS) is 10.5. The van der Waals surface area contributed by atoms with Gasteiger partial charge in [-0.2, -0.15) is 0 Å². The topological polar surface area (TPSA) is 46.2 Å². The number of hydrogen-bond donors (Lipinski definition) is 2. The van der Waals surface area contributed by atoms with Crippen LogP contribution in [0.5, 0.6) is 0 Å². The Morgan fingerprint density at radius 3 is 2.59 bits per heavy atom. The molecule has 0 bridgehead atoms. The van der Waals surface area contributed by atoms with E-state index in [1.54, 1.807) is 0 Å². The summed E-state index contributed by atoms with van der Waals surface area (Å²) in [7, 11) is 0. The number of benzene rings is 2. The SMILES string of the molecule is Nc1c(CCO)cccc1-c1cccc(Cl)c1. The average molecular weight is 248 g/mol. The molecular weight excluding hydrogens is 234 g/mol. The maximum absolute atomic E-state index is 8.97. The van der Waals surface area contributed by atoms with Gasteiger partial charge in [0.25, 0.3) is 0 Å². The van der Waals surface area contributed by atoms with Gasteiger partial charge in [0.1, 0.15) is 0 Å². The van der Waals surface area contributed by atoms with Crippen LogP contribution in [0.15, 0.2) is 42.5 Å². The molecule has 0 aliphatic carbocycles. The van der Waals surface area contributed by atoms with E-state index < -0.39 is 0 Å². The number of para-hydroxylation sites is 1. The van der Waals surface area contributed by atoms with Crippen molar-refractivity contribution in [3.05, 3.63) is 53.1 Å². The van der Waals surface area contributed by atoms with E-state index in [1.165, 1.54) is 0 Å². The predicted octanol–water partition coefficient (Wildman–Crippen LogP) is 3.12. The first-order chi connectivity index (χ1) is 8.22. The molecule has 0 aromatic heterocycles. The molecule has 2 nitrogen and oxygen atoms in total. The molecule has 0 saturated heterocycles. The molecule has 3 N–H and O–H groups in total. The Kier molecular flexibility index (Phi) is 3.67. The van der Waals surface area contributed by atoms with Crippen molar-refractivity contribution in [2.75, 3.05) is 12.3 Å². The van der Waals surface area contributed by atoms with E-state index in [0.29, 0.717) is 17.1 Å². The van der Waals surface area contributed by atoms with Gasteiger partial charge in [0.2, 0.25) is 0 Å². The first-order valence-electron chi connectivity index (χ1n) is 5.46. The molecule has 17 heavy (non-hydrogen) atoms. The number of aliphatic hydroxyl groups is 1. The third-order valence-corrected chi connectivity index (χ3v) is 2.95. The van der Waals surface area contributed by atoms with Crippen LogP contribution in [0.25, 0.3) is 11.1 Å². The fraction of sp³-hybridized carbons (Fsp3) is 0.143. The van der Waals surface area contributed by atoms with Crippen LogP contribution in [0.3, 0.4) is 0 Å². The largest absolute Gasteiger partial charge is 0.398 e. The minimum absolute atomic E-state index is 0.100. The summed E-state index contributed by atoms with van der Waals surface area (Å²) in [6.45, 7) is 0.100. The van der Waals surface area contributed by atoms with Crippen LogP contribution in [0.2, 0.25) is 5.02 Å². The van der Waals surface area contributed by atoms with Gasteiger partial charge in [-0.3, -0.25) is 0 Å². The number of aliphatic hydroxyl groups excluding tert-OH is 1. The average Bonchev–Trinajstić information content (AvgIpc) is 2.32. The van der Waals surface area contributed by atoms with Crippen molar-refractivity contribution in [3.8, 4) is 11.1 Å². The van der Waals surface area contributed by atoms with Crippen LogP contribution < -0.4 is 5.73 Å². The van der Waals surface area contributed by atoms with E-state index in [1.807, 2.05) is 42.5 Å². The predicted molar refractivity (Wildman–Crippen MR) is 72.1 cm³/mol. The molecule has 0 atom stereocenters. The minimum Gasteiger partial charge on any atom is -0.398 e. The highest BCUT2D eigenvalue weighted by atomic mass is 35.5. The van der Waals surface area contributed by atoms with E-state index in [9.17, 15) is 0 Å². The van der Waals surface area contributed by atoms with Crippen LogP contribution in [0.1, 0.15) is 5.56 Å². The Balaban J connectivity index is 2.49. The monoisotopic (exact) mass is 247 g/mol. The number of nitrogen functional groups attached to an aromatic ring is 1. The molecule has 0 aliphatic heterocycles. The minimum atomic E-state index is 0.100. The Labute approximate surface area is 106 Å². The number of anilines is 1. The Morgan fingerprint density at radius 2 is 1.88 bits per heavy atom. The Bertz CT molecular complexity index is 525. The van der Waals surface area contributed by atoms with Crippen molar-refractivity contribution in [1.82, 2.24) is 0 Å². The molecule has 88 valence electrons. The van der Waals surface area contributed by atoms with E-state index in [-0.39, 0.29) is 6.61 Å². The van der Waals surface area contributed by atoms with Gasteiger partial charge in [-0.05, 0) is 29.7 Å². The number of rotatable bonds is 3. The molecule has 2 aromatic carbocycles. The lowest BCUT2D eigenvalue weighted by Gasteiger charge is -2.10. The summed E-state index contributed by atoms with van der Waals surface area (Å²) in [5.41, 5.74) is 9.72. The van der Waals surface area contributed by atoms with Gasteiger partial charge >= 0.3 is 0 Å². The summed E-state index contributed by atoms with van der Waals surface area (Å²) < 4.78 is 0. The van der Waals surface area contributed by atoms with Gasteiger partial charge in [-0.1, -0.05) is 41.9 Å². The van der Waals surface area contributed by atoms with Crippen LogP contribution in [-0.4, -0.2) is 11.7 Å². The molecule has 0 unspecified atom stereocenters. The molecule has 0 heterocycles. The van der Waals surface area contributed by atoms with Crippen LogP contribution in [-0.2, 0) is 6.42 Å². The van der Waals surface area contributed by atoms with Gasteiger partial charge in [0.15, 0.2) is 0 Å². The quantitative estimate of drug-likeness (QED) is 0.819. The zero-order chi connectivity index (χ0) is 12.3. The number of nitrogens with two attached hydrogens (primary N) is 1. The third-order valence-electron chi connectivity index (χ3n) is 2.71. The van der Waals surface area contributed by atoms with Gasteiger partial charge in [-0.15, -0.1) is 0 Å². The fourth-order valence-electron chi connectivity index (χ4n) is 1.86. The highest BCUT2D eigenvalue weighted by Crippen LogP contribution is 2.30.